The van der Waals surface area contributed by atoms with Crippen molar-refractivity contribution in [1.82, 2.24) is 0 Å². The second kappa shape index (κ2) is 8.27. The fraction of sp³-hybridized carbons (Fsp3) is 0.278. The Morgan fingerprint density at radius 2 is 1.79 bits per heavy atom. The highest BCUT2D eigenvalue weighted by molar-refractivity contribution is 6.35. The topological polar surface area (TPSA) is 47.6 Å². The van der Waals surface area contributed by atoms with Gasteiger partial charge in [-0.2, -0.15) is 0 Å². The van der Waals surface area contributed by atoms with Gasteiger partial charge in [0.25, 0.3) is 5.91 Å². The number of benzene rings is 2. The van der Waals surface area contributed by atoms with Crippen molar-refractivity contribution in [3.63, 3.8) is 0 Å². The predicted octanol–water partition coefficient (Wildman–Crippen LogP) is 5.19. The first kappa shape index (κ1) is 18.4. The molecule has 1 N–H and O–H groups in total. The molecule has 1 unspecified atom stereocenters. The number of hydrogen-bond acceptors (Lipinski definition) is 3. The Bertz CT molecular complexity index is 719. The van der Waals surface area contributed by atoms with E-state index < -0.39 is 6.10 Å². The van der Waals surface area contributed by atoms with Crippen molar-refractivity contribution in [2.45, 2.75) is 33.0 Å². The summed E-state index contributed by atoms with van der Waals surface area (Å²) in [4.78, 5) is 12.3. The quantitative estimate of drug-likeness (QED) is 0.764. The van der Waals surface area contributed by atoms with E-state index in [9.17, 15) is 4.79 Å². The molecule has 4 nitrogen and oxygen atoms in total. The van der Waals surface area contributed by atoms with Crippen LogP contribution < -0.4 is 14.8 Å². The van der Waals surface area contributed by atoms with Crippen LogP contribution in [-0.4, -0.2) is 18.1 Å². The first-order valence-corrected chi connectivity index (χ1v) is 8.30. The largest absolute Gasteiger partial charge is 0.491 e. The molecule has 128 valence electrons. The Morgan fingerprint density at radius 1 is 1.04 bits per heavy atom. The van der Waals surface area contributed by atoms with Gasteiger partial charge in [-0.3, -0.25) is 4.79 Å². The molecule has 0 aromatic heterocycles. The van der Waals surface area contributed by atoms with Gasteiger partial charge in [0.2, 0.25) is 0 Å². The average Bonchev–Trinajstić information content (AvgIpc) is 2.49. The summed E-state index contributed by atoms with van der Waals surface area (Å²) in [6.07, 6.45) is -0.663. The highest BCUT2D eigenvalue weighted by atomic mass is 35.5. The van der Waals surface area contributed by atoms with E-state index in [1.54, 1.807) is 37.3 Å². The lowest BCUT2D eigenvalue weighted by Gasteiger charge is -2.16. The third-order valence-corrected chi connectivity index (χ3v) is 3.57. The van der Waals surface area contributed by atoms with E-state index in [0.29, 0.717) is 27.2 Å². The molecular weight excluding hydrogens is 349 g/mol. The van der Waals surface area contributed by atoms with Gasteiger partial charge in [-0.15, -0.1) is 0 Å². The number of nitrogens with one attached hydrogen (secondary N) is 1. The van der Waals surface area contributed by atoms with E-state index in [0.717, 1.165) is 0 Å². The second-order valence-corrected chi connectivity index (χ2v) is 6.36. The van der Waals surface area contributed by atoms with Crippen LogP contribution in [0.15, 0.2) is 42.5 Å². The highest BCUT2D eigenvalue weighted by Gasteiger charge is 2.16. The first-order valence-electron chi connectivity index (χ1n) is 7.54. The van der Waals surface area contributed by atoms with Crippen molar-refractivity contribution < 1.29 is 14.3 Å². The summed E-state index contributed by atoms with van der Waals surface area (Å²) in [5.41, 5.74) is 0.635. The van der Waals surface area contributed by atoms with E-state index in [2.05, 4.69) is 5.32 Å². The predicted molar refractivity (Wildman–Crippen MR) is 97.4 cm³/mol. The van der Waals surface area contributed by atoms with Crippen molar-refractivity contribution >= 4 is 34.8 Å². The number of anilines is 1. The first-order chi connectivity index (χ1) is 11.3. The Balaban J connectivity index is 2.01. The van der Waals surface area contributed by atoms with Crippen molar-refractivity contribution in [2.75, 3.05) is 5.32 Å². The Kier molecular flexibility index (Phi) is 6.35. The van der Waals surface area contributed by atoms with E-state index in [1.165, 1.54) is 0 Å². The summed E-state index contributed by atoms with van der Waals surface area (Å²) in [7, 11) is 0. The molecule has 0 fully saturated rings. The van der Waals surface area contributed by atoms with Crippen LogP contribution in [0.25, 0.3) is 0 Å². The smallest absolute Gasteiger partial charge is 0.265 e. The van der Waals surface area contributed by atoms with Gasteiger partial charge in [-0.05, 0) is 51.1 Å². The number of hydrogen-bond donors (Lipinski definition) is 1. The molecule has 24 heavy (non-hydrogen) atoms. The third-order valence-electron chi connectivity index (χ3n) is 3.04. The van der Waals surface area contributed by atoms with Crippen molar-refractivity contribution in [3.05, 3.63) is 52.5 Å². The van der Waals surface area contributed by atoms with Crippen molar-refractivity contribution in [1.29, 1.82) is 0 Å². The minimum Gasteiger partial charge on any atom is -0.491 e. The number of carbonyl (C=O) groups excluding carboxylic acids is 1. The summed E-state index contributed by atoms with van der Waals surface area (Å²) in [6.45, 7) is 5.53. The molecule has 0 saturated heterocycles. The van der Waals surface area contributed by atoms with Gasteiger partial charge in [0.1, 0.15) is 11.5 Å². The van der Waals surface area contributed by atoms with Crippen LogP contribution in [-0.2, 0) is 4.79 Å². The minimum atomic E-state index is -0.724. The molecule has 0 aliphatic rings. The summed E-state index contributed by atoms with van der Waals surface area (Å²) < 4.78 is 11.2. The van der Waals surface area contributed by atoms with Gasteiger partial charge in [0.05, 0.1) is 11.1 Å². The van der Waals surface area contributed by atoms with Crippen LogP contribution in [0.2, 0.25) is 10.0 Å². The van der Waals surface area contributed by atoms with Gasteiger partial charge < -0.3 is 14.8 Å². The average molecular weight is 368 g/mol. The highest BCUT2D eigenvalue weighted by Crippen LogP contribution is 2.28. The second-order valence-electron chi connectivity index (χ2n) is 5.52. The summed E-state index contributed by atoms with van der Waals surface area (Å²) in [5, 5.41) is 3.66. The number of rotatable bonds is 6. The van der Waals surface area contributed by atoms with Gasteiger partial charge >= 0.3 is 0 Å². The van der Waals surface area contributed by atoms with E-state index in [-0.39, 0.29) is 12.0 Å². The Morgan fingerprint density at radius 3 is 2.46 bits per heavy atom. The van der Waals surface area contributed by atoms with Gasteiger partial charge in [-0.25, -0.2) is 0 Å². The maximum Gasteiger partial charge on any atom is 0.265 e. The molecule has 0 spiro atoms. The van der Waals surface area contributed by atoms with Gasteiger partial charge in [-0.1, -0.05) is 29.3 Å². The molecule has 1 amide bonds. The fourth-order valence-electron chi connectivity index (χ4n) is 1.98. The van der Waals surface area contributed by atoms with Crippen molar-refractivity contribution in [3.8, 4) is 11.5 Å². The zero-order chi connectivity index (χ0) is 17.7. The zero-order valence-corrected chi connectivity index (χ0v) is 15.2. The number of carbonyl (C=O) groups is 1. The zero-order valence-electron chi connectivity index (χ0n) is 13.7. The lowest BCUT2D eigenvalue weighted by molar-refractivity contribution is -0.122. The molecule has 2 aromatic rings. The molecule has 0 saturated carbocycles. The number of amides is 1. The van der Waals surface area contributed by atoms with E-state index in [4.69, 9.17) is 32.7 Å². The number of halogens is 2. The number of ether oxygens (including phenoxy) is 2. The van der Waals surface area contributed by atoms with Crippen molar-refractivity contribution in [2.24, 2.45) is 0 Å². The molecule has 0 bridgehead atoms. The van der Waals surface area contributed by atoms with Crippen LogP contribution in [0.4, 0.5) is 5.69 Å². The molecule has 0 aliphatic heterocycles. The maximum atomic E-state index is 12.3. The molecule has 6 heteroatoms. The lowest BCUT2D eigenvalue weighted by atomic mass is 10.2. The molecule has 0 heterocycles. The van der Waals surface area contributed by atoms with Crippen LogP contribution in [0.1, 0.15) is 20.8 Å². The summed E-state index contributed by atoms with van der Waals surface area (Å²) >= 11 is 11.9. The Hall–Kier alpha value is -1.91. The molecule has 0 aliphatic carbocycles. The van der Waals surface area contributed by atoms with Crippen LogP contribution in [0, 0.1) is 0 Å². The maximum absolute atomic E-state index is 12.3. The molecule has 1 atom stereocenters. The van der Waals surface area contributed by atoms with Crippen LogP contribution in [0.3, 0.4) is 0 Å². The van der Waals surface area contributed by atoms with E-state index >= 15 is 0 Å². The lowest BCUT2D eigenvalue weighted by Crippen LogP contribution is -2.30. The van der Waals surface area contributed by atoms with Gasteiger partial charge in [0.15, 0.2) is 6.10 Å². The molecular formula is C18H19Cl2NO3. The standard InChI is InChI=1S/C18H19Cl2NO3/c1-11(2)23-15-6-4-5-14(10-15)21-18(22)12(3)24-17-8-7-13(19)9-16(17)20/h4-12H,1-3H3,(H,21,22). The van der Waals surface area contributed by atoms with E-state index in [1.807, 2.05) is 26.0 Å². The van der Waals surface area contributed by atoms with Crippen LogP contribution >= 0.6 is 23.2 Å². The summed E-state index contributed by atoms with van der Waals surface area (Å²) in [6, 6.07) is 12.0. The normalized spacial score (nSPS) is 11.9. The summed E-state index contributed by atoms with van der Waals surface area (Å²) in [5.74, 6) is 0.806. The molecule has 0 radical (unpaired) electrons. The Labute approximate surface area is 151 Å². The minimum absolute atomic E-state index is 0.0604. The molecule has 2 rings (SSSR count). The van der Waals surface area contributed by atoms with Crippen LogP contribution in [0.5, 0.6) is 11.5 Å². The molecule has 2 aromatic carbocycles. The SMILES string of the molecule is CC(C)Oc1cccc(NC(=O)C(C)Oc2ccc(Cl)cc2Cl)c1. The third kappa shape index (κ3) is 5.32. The fourth-order valence-corrected chi connectivity index (χ4v) is 2.43. The van der Waals surface area contributed by atoms with Gasteiger partial charge in [0, 0.05) is 16.8 Å². The monoisotopic (exact) mass is 367 g/mol.